The van der Waals surface area contributed by atoms with Crippen molar-refractivity contribution in [3.8, 4) is 0 Å². The molecule has 0 aromatic heterocycles. The lowest BCUT2D eigenvalue weighted by molar-refractivity contribution is -0.134. The highest BCUT2D eigenvalue weighted by atomic mass is 19.1. The number of amides is 1. The summed E-state index contributed by atoms with van der Waals surface area (Å²) in [6.07, 6.45) is 1.64. The molecule has 0 aliphatic carbocycles. The summed E-state index contributed by atoms with van der Waals surface area (Å²) in [5.41, 5.74) is 2.38. The van der Waals surface area contributed by atoms with Crippen LogP contribution in [0, 0.1) is 23.4 Å². The van der Waals surface area contributed by atoms with Crippen LogP contribution in [0.4, 0.5) is 13.2 Å². The number of ether oxygens (including phenoxy) is 1. The van der Waals surface area contributed by atoms with Crippen LogP contribution in [-0.2, 0) is 14.3 Å². The average Bonchev–Trinajstić information content (AvgIpc) is 2.96. The van der Waals surface area contributed by atoms with Crippen LogP contribution in [0.15, 0.2) is 58.7 Å². The molecular weight excluding hydrogens is 535 g/mol. The maximum Gasteiger partial charge on any atom is 0.237 e. The average molecular weight is 568 g/mol. The van der Waals surface area contributed by atoms with E-state index in [0.29, 0.717) is 61.5 Å². The first-order valence-electron chi connectivity index (χ1n) is 13.9. The van der Waals surface area contributed by atoms with E-state index in [1.54, 1.807) is 6.92 Å². The highest BCUT2D eigenvalue weighted by molar-refractivity contribution is 6.13. The predicted octanol–water partition coefficient (Wildman–Crippen LogP) is 4.68. The molecule has 3 aliphatic heterocycles. The van der Waals surface area contributed by atoms with Gasteiger partial charge in [-0.05, 0) is 63.2 Å². The van der Waals surface area contributed by atoms with Gasteiger partial charge in [0.15, 0.2) is 11.6 Å². The minimum absolute atomic E-state index is 0.0275. The summed E-state index contributed by atoms with van der Waals surface area (Å²) in [6.45, 7) is 3.44. The van der Waals surface area contributed by atoms with E-state index in [4.69, 9.17) is 4.74 Å². The second-order valence-electron chi connectivity index (χ2n) is 10.8. The molecule has 2 aromatic rings. The van der Waals surface area contributed by atoms with Crippen LogP contribution in [0.2, 0.25) is 0 Å². The molecule has 41 heavy (non-hydrogen) atoms. The number of rotatable bonds is 8. The molecule has 216 valence electrons. The molecule has 5 rings (SSSR count). The van der Waals surface area contributed by atoms with Crippen LogP contribution in [0.25, 0.3) is 0 Å². The van der Waals surface area contributed by atoms with Crippen molar-refractivity contribution in [3.63, 3.8) is 0 Å². The van der Waals surface area contributed by atoms with E-state index < -0.39 is 23.5 Å². The van der Waals surface area contributed by atoms with Gasteiger partial charge in [-0.3, -0.25) is 24.3 Å². The van der Waals surface area contributed by atoms with Gasteiger partial charge in [0.1, 0.15) is 17.5 Å². The molecule has 10 heteroatoms. The Morgan fingerprint density at radius 2 is 1.78 bits per heavy atom. The van der Waals surface area contributed by atoms with Crippen LogP contribution >= 0.6 is 0 Å². The van der Waals surface area contributed by atoms with Gasteiger partial charge in [0.05, 0.1) is 44.5 Å². The number of carbonyl (C=O) groups excluding carboxylic acids is 3. The van der Waals surface area contributed by atoms with Crippen molar-refractivity contribution in [1.29, 1.82) is 0 Å². The van der Waals surface area contributed by atoms with Gasteiger partial charge in [-0.25, -0.2) is 13.2 Å². The highest BCUT2D eigenvalue weighted by Gasteiger charge is 2.32. The topological polar surface area (TPSA) is 79.3 Å². The van der Waals surface area contributed by atoms with Gasteiger partial charge in [0, 0.05) is 40.8 Å². The Labute approximate surface area is 236 Å². The van der Waals surface area contributed by atoms with Crippen LogP contribution in [0.5, 0.6) is 0 Å². The molecule has 1 atom stereocenters. The molecule has 0 bridgehead atoms. The van der Waals surface area contributed by atoms with Gasteiger partial charge >= 0.3 is 0 Å². The lowest BCUT2D eigenvalue weighted by Crippen LogP contribution is -2.47. The Balaban J connectivity index is 1.30. The molecule has 0 radical (unpaired) electrons. The summed E-state index contributed by atoms with van der Waals surface area (Å²) < 4.78 is 47.1. The van der Waals surface area contributed by atoms with E-state index in [1.807, 2.05) is 4.90 Å². The van der Waals surface area contributed by atoms with Crippen molar-refractivity contribution < 1.29 is 32.3 Å². The van der Waals surface area contributed by atoms with E-state index in [9.17, 15) is 27.6 Å². The molecule has 0 saturated carbocycles. The number of benzene rings is 2. The minimum atomic E-state index is -0.758. The van der Waals surface area contributed by atoms with E-state index in [-0.39, 0.29) is 55.1 Å². The fourth-order valence-corrected chi connectivity index (χ4v) is 5.69. The first-order valence-corrected chi connectivity index (χ1v) is 13.9. The third kappa shape index (κ3) is 6.65. The van der Waals surface area contributed by atoms with Crippen LogP contribution in [-0.4, -0.2) is 72.4 Å². The molecule has 3 aliphatic rings. The van der Waals surface area contributed by atoms with Crippen LogP contribution in [0.3, 0.4) is 0 Å². The van der Waals surface area contributed by atoms with E-state index in [2.05, 4.69) is 4.99 Å². The van der Waals surface area contributed by atoms with Crippen molar-refractivity contribution in [2.45, 2.75) is 38.6 Å². The Hall–Kier alpha value is -3.63. The normalized spacial score (nSPS) is 19.0. The number of halogens is 3. The number of carbonyl (C=O) groups is 3. The summed E-state index contributed by atoms with van der Waals surface area (Å²) in [4.78, 5) is 47.5. The number of hydrogen-bond donors (Lipinski definition) is 0. The van der Waals surface area contributed by atoms with Crippen LogP contribution < -0.4 is 0 Å². The van der Waals surface area contributed by atoms with Gasteiger partial charge in [0.2, 0.25) is 5.91 Å². The maximum atomic E-state index is 14.8. The summed E-state index contributed by atoms with van der Waals surface area (Å²) >= 11 is 0. The van der Waals surface area contributed by atoms with Gasteiger partial charge < -0.3 is 9.64 Å². The lowest BCUT2D eigenvalue weighted by Gasteiger charge is -2.35. The van der Waals surface area contributed by atoms with Gasteiger partial charge in [-0.15, -0.1) is 0 Å². The number of piperidine rings is 1. The fraction of sp³-hybridized carbons (Fsp3) is 0.419. The zero-order chi connectivity index (χ0) is 29.1. The first-order chi connectivity index (χ1) is 19.7. The number of ketones is 2. The van der Waals surface area contributed by atoms with Crippen molar-refractivity contribution in [2.75, 3.05) is 39.4 Å². The number of aliphatic imine (C=N–C) groups is 1. The van der Waals surface area contributed by atoms with E-state index >= 15 is 0 Å². The van der Waals surface area contributed by atoms with Gasteiger partial charge in [-0.2, -0.15) is 0 Å². The molecule has 3 heterocycles. The Kier molecular flexibility index (Phi) is 8.79. The molecule has 1 unspecified atom stereocenters. The molecule has 1 amide bonds. The molecule has 2 aromatic carbocycles. The van der Waals surface area contributed by atoms with Crippen molar-refractivity contribution in [2.24, 2.45) is 10.9 Å². The zero-order valence-electron chi connectivity index (χ0n) is 22.9. The standard InChI is InChI=1S/C31H32F3N3O4/c1-19(25-7-6-23(33)14-27(25)34)37(16-24-15-29(38)26-18-41-13-10-28(26)35-24)30(39)17-36-11-8-21(9-12-36)31(40)20-2-4-22(32)5-3-20/h2-7,14,19,21H,8-13,15-18H2,1H3. The Morgan fingerprint density at radius 1 is 1.07 bits per heavy atom. The number of likely N-dealkylation sites (tertiary alicyclic amines) is 1. The Morgan fingerprint density at radius 3 is 2.49 bits per heavy atom. The number of hydrogen-bond acceptors (Lipinski definition) is 6. The summed E-state index contributed by atoms with van der Waals surface area (Å²) in [6, 6.07) is 8.03. The predicted molar refractivity (Wildman–Crippen MR) is 146 cm³/mol. The molecule has 1 saturated heterocycles. The maximum absolute atomic E-state index is 14.8. The largest absolute Gasteiger partial charge is 0.376 e. The molecule has 0 spiro atoms. The van der Waals surface area contributed by atoms with Crippen molar-refractivity contribution in [1.82, 2.24) is 9.80 Å². The lowest BCUT2D eigenvalue weighted by atomic mass is 9.89. The molecule has 1 fully saturated rings. The number of Topliss-reactive ketones (excluding diaryl/α,β-unsaturated/α-hetero) is 2. The van der Waals surface area contributed by atoms with E-state index in [0.717, 1.165) is 12.1 Å². The van der Waals surface area contributed by atoms with Gasteiger partial charge in [0.25, 0.3) is 0 Å². The second-order valence-corrected chi connectivity index (χ2v) is 10.8. The third-order valence-corrected chi connectivity index (χ3v) is 8.07. The first kappa shape index (κ1) is 28.9. The fourth-order valence-electron chi connectivity index (χ4n) is 5.69. The van der Waals surface area contributed by atoms with Crippen molar-refractivity contribution in [3.05, 3.63) is 82.3 Å². The monoisotopic (exact) mass is 567 g/mol. The van der Waals surface area contributed by atoms with Crippen LogP contribution in [0.1, 0.15) is 54.6 Å². The van der Waals surface area contributed by atoms with Gasteiger partial charge in [-0.1, -0.05) is 6.07 Å². The van der Waals surface area contributed by atoms with Crippen molar-refractivity contribution >= 4 is 23.2 Å². The minimum Gasteiger partial charge on any atom is -0.376 e. The zero-order valence-corrected chi connectivity index (χ0v) is 22.9. The summed E-state index contributed by atoms with van der Waals surface area (Å²) in [5, 5.41) is 0. The second kappa shape index (κ2) is 12.5. The number of nitrogens with zero attached hydrogens (tertiary/aromatic N) is 3. The summed E-state index contributed by atoms with van der Waals surface area (Å²) in [7, 11) is 0. The third-order valence-electron chi connectivity index (χ3n) is 8.07. The Bertz CT molecular complexity index is 1400. The highest BCUT2D eigenvalue weighted by Crippen LogP contribution is 2.28. The summed E-state index contributed by atoms with van der Waals surface area (Å²) in [5.74, 6) is -2.51. The molecule has 7 nitrogen and oxygen atoms in total. The quantitative estimate of drug-likeness (QED) is 0.433. The molecular formula is C31H32F3N3O4. The smallest absolute Gasteiger partial charge is 0.237 e. The molecule has 0 N–H and O–H groups in total. The SMILES string of the molecule is CC(c1ccc(F)cc1F)N(CC1=NC2=C(COCC2)C(=O)C1)C(=O)CN1CCC(C(=O)c2ccc(F)cc2)CC1. The van der Waals surface area contributed by atoms with E-state index in [1.165, 1.54) is 35.2 Å².